The zero-order chi connectivity index (χ0) is 33.1. The smallest absolute Gasteiger partial charge is 0.326 e. The highest BCUT2D eigenvalue weighted by Crippen LogP contribution is 2.42. The van der Waals surface area contributed by atoms with Crippen LogP contribution in [0.2, 0.25) is 0 Å². The summed E-state index contributed by atoms with van der Waals surface area (Å²) in [5, 5.41) is 12.4. The summed E-state index contributed by atoms with van der Waals surface area (Å²) in [7, 11) is 0. The first kappa shape index (κ1) is 32.6. The Morgan fingerprint density at radius 1 is 1.02 bits per heavy atom. The molecule has 0 aliphatic carbocycles. The van der Waals surface area contributed by atoms with Gasteiger partial charge in [-0.3, -0.25) is 14.2 Å². The van der Waals surface area contributed by atoms with Gasteiger partial charge in [0.1, 0.15) is 0 Å². The first-order chi connectivity index (χ1) is 22.7. The minimum atomic E-state index is -0.937. The standard InChI is InChI=1S/C36H42N4O7/c1-22-32(20-39-17-15-29(16-18-39)40-31-10-5-4-9-30(31)38-36(40)44)46-35(47-33(22)26-13-11-25(21-41)12-14-26)27-7-6-8-28(19-27)37-34(43)23(2)45-24(3)42/h4-14,19,22-23,29,32-33,35,41H,15-18,20-21H2,1-3H3,(H,37,43)(H,38,44)/t22-,23+,32+,33+,35+/m1/s1. The number of aliphatic hydroxyl groups is 1. The second-order valence-electron chi connectivity index (χ2n) is 12.5. The van der Waals surface area contributed by atoms with Crippen molar-refractivity contribution in [3.05, 3.63) is 100.0 Å². The van der Waals surface area contributed by atoms with Crippen LogP contribution < -0.4 is 11.0 Å². The molecular weight excluding hydrogens is 600 g/mol. The fourth-order valence-corrected chi connectivity index (χ4v) is 6.69. The normalized spacial score (nSPS) is 23.0. The molecule has 0 unspecified atom stereocenters. The van der Waals surface area contributed by atoms with Crippen LogP contribution in [0.5, 0.6) is 0 Å². The second kappa shape index (κ2) is 14.2. The van der Waals surface area contributed by atoms with Crippen LogP contribution in [0, 0.1) is 5.92 Å². The number of benzene rings is 3. The second-order valence-corrected chi connectivity index (χ2v) is 12.5. The minimum Gasteiger partial charge on any atom is -0.453 e. The highest BCUT2D eigenvalue weighted by Gasteiger charge is 2.40. The monoisotopic (exact) mass is 642 g/mol. The summed E-state index contributed by atoms with van der Waals surface area (Å²) in [6, 6.07) is 23.0. The minimum absolute atomic E-state index is 0.00708. The maximum Gasteiger partial charge on any atom is 0.326 e. The van der Waals surface area contributed by atoms with Gasteiger partial charge in [-0.15, -0.1) is 0 Å². The molecule has 0 radical (unpaired) electrons. The van der Waals surface area contributed by atoms with Crippen LogP contribution in [0.25, 0.3) is 11.0 Å². The van der Waals surface area contributed by atoms with Gasteiger partial charge >= 0.3 is 11.7 Å². The first-order valence-corrected chi connectivity index (χ1v) is 16.2. The third kappa shape index (κ3) is 7.33. The molecule has 3 aromatic carbocycles. The SMILES string of the molecule is CC(=O)O[C@@H](C)C(=O)Nc1cccc([C@H]2O[C@@H](CN3CCC(n4c(=O)[nH]c5ccccc54)CC3)[C@@H](C)[C@@H](c3ccc(CO)cc3)O2)c1. The first-order valence-electron chi connectivity index (χ1n) is 16.2. The molecule has 248 valence electrons. The molecule has 1 aromatic heterocycles. The number of para-hydroxylation sites is 2. The number of rotatable bonds is 9. The Kier molecular flexibility index (Phi) is 9.88. The summed E-state index contributed by atoms with van der Waals surface area (Å²) in [6.07, 6.45) is -0.399. The molecule has 2 aliphatic rings. The predicted octanol–water partition coefficient (Wildman–Crippen LogP) is 4.84. The molecule has 4 aromatic rings. The largest absolute Gasteiger partial charge is 0.453 e. The van der Waals surface area contributed by atoms with Gasteiger partial charge in [0.05, 0.1) is 29.8 Å². The molecule has 0 bridgehead atoms. The van der Waals surface area contributed by atoms with Gasteiger partial charge in [0.25, 0.3) is 5.91 Å². The fourth-order valence-electron chi connectivity index (χ4n) is 6.69. The number of nitrogens with zero attached hydrogens (tertiary/aromatic N) is 2. The number of hydrogen-bond acceptors (Lipinski definition) is 8. The zero-order valence-electron chi connectivity index (χ0n) is 26.9. The van der Waals surface area contributed by atoms with Crippen molar-refractivity contribution < 1.29 is 28.9 Å². The molecule has 0 spiro atoms. The molecule has 3 N–H and O–H groups in total. The molecule has 2 fully saturated rings. The summed E-state index contributed by atoms with van der Waals surface area (Å²) >= 11 is 0. The van der Waals surface area contributed by atoms with Crippen LogP contribution in [-0.4, -0.2) is 63.3 Å². The van der Waals surface area contributed by atoms with Crippen LogP contribution in [0.3, 0.4) is 0 Å². The molecule has 47 heavy (non-hydrogen) atoms. The van der Waals surface area contributed by atoms with Crippen LogP contribution in [0.4, 0.5) is 5.69 Å². The van der Waals surface area contributed by atoms with Crippen molar-refractivity contribution in [3.8, 4) is 0 Å². The summed E-state index contributed by atoms with van der Waals surface area (Å²) < 4.78 is 20.2. The Bertz CT molecular complexity index is 1760. The number of imidazole rings is 1. The van der Waals surface area contributed by atoms with Crippen molar-refractivity contribution in [2.45, 2.75) is 70.9 Å². The van der Waals surface area contributed by atoms with E-state index >= 15 is 0 Å². The number of amides is 1. The lowest BCUT2D eigenvalue weighted by atomic mass is 9.89. The van der Waals surface area contributed by atoms with E-state index in [-0.39, 0.29) is 36.5 Å². The average Bonchev–Trinajstić information content (AvgIpc) is 3.41. The number of esters is 1. The molecule has 11 heteroatoms. The van der Waals surface area contributed by atoms with Crippen LogP contribution in [-0.2, 0) is 30.4 Å². The number of carbonyl (C=O) groups is 2. The van der Waals surface area contributed by atoms with Gasteiger partial charge in [-0.05, 0) is 55.2 Å². The number of aliphatic hydroxyl groups excluding tert-OH is 1. The number of likely N-dealkylation sites (tertiary alicyclic amines) is 1. The number of anilines is 1. The van der Waals surface area contributed by atoms with Crippen LogP contribution in [0.1, 0.15) is 68.7 Å². The highest BCUT2D eigenvalue weighted by atomic mass is 16.7. The molecule has 5 atom stereocenters. The van der Waals surface area contributed by atoms with E-state index in [2.05, 4.69) is 22.1 Å². The van der Waals surface area contributed by atoms with E-state index in [0.717, 1.165) is 53.7 Å². The van der Waals surface area contributed by atoms with Gasteiger partial charge in [0.2, 0.25) is 0 Å². The van der Waals surface area contributed by atoms with E-state index in [1.165, 1.54) is 13.8 Å². The number of carbonyl (C=O) groups excluding carboxylic acids is 2. The van der Waals surface area contributed by atoms with E-state index in [1.54, 1.807) is 6.07 Å². The zero-order valence-corrected chi connectivity index (χ0v) is 26.9. The number of H-pyrrole nitrogens is 1. The van der Waals surface area contributed by atoms with Gasteiger partial charge in [0.15, 0.2) is 12.4 Å². The lowest BCUT2D eigenvalue weighted by Gasteiger charge is -2.44. The van der Waals surface area contributed by atoms with Crippen molar-refractivity contribution >= 4 is 28.6 Å². The van der Waals surface area contributed by atoms with Gasteiger partial charge in [-0.1, -0.05) is 55.5 Å². The van der Waals surface area contributed by atoms with E-state index < -0.39 is 24.3 Å². The van der Waals surface area contributed by atoms with Crippen molar-refractivity contribution in [3.63, 3.8) is 0 Å². The number of aromatic nitrogens is 2. The number of fused-ring (bicyclic) bond motifs is 1. The molecule has 2 saturated heterocycles. The predicted molar refractivity (Wildman–Crippen MR) is 177 cm³/mol. The Hall–Kier alpha value is -4.29. The third-order valence-corrected chi connectivity index (χ3v) is 9.25. The highest BCUT2D eigenvalue weighted by molar-refractivity contribution is 5.95. The van der Waals surface area contributed by atoms with Crippen LogP contribution in [0.15, 0.2) is 77.6 Å². The number of piperidine rings is 1. The fraction of sp³-hybridized carbons (Fsp3) is 0.417. The number of aromatic amines is 1. The molecule has 2 aliphatic heterocycles. The van der Waals surface area contributed by atoms with E-state index in [4.69, 9.17) is 14.2 Å². The molecular formula is C36H42N4O7. The molecule has 6 rings (SSSR count). The summed E-state index contributed by atoms with van der Waals surface area (Å²) in [6.45, 7) is 7.23. The molecule has 0 saturated carbocycles. The maximum atomic E-state index is 12.8. The van der Waals surface area contributed by atoms with Crippen molar-refractivity contribution in [2.75, 3.05) is 25.0 Å². The quantitative estimate of drug-likeness (QED) is 0.221. The number of hydrogen-bond donors (Lipinski definition) is 3. The Balaban J connectivity index is 1.19. The Labute approximate surface area is 273 Å². The lowest BCUT2D eigenvalue weighted by Crippen LogP contribution is -2.47. The lowest BCUT2D eigenvalue weighted by molar-refractivity contribution is -0.276. The van der Waals surface area contributed by atoms with Crippen molar-refractivity contribution in [2.24, 2.45) is 5.92 Å². The molecule has 11 nitrogen and oxygen atoms in total. The molecule has 1 amide bonds. The number of nitrogens with one attached hydrogen (secondary N) is 2. The summed E-state index contributed by atoms with van der Waals surface area (Å²) in [5.41, 5.74) is 4.82. The van der Waals surface area contributed by atoms with E-state index in [9.17, 15) is 19.5 Å². The van der Waals surface area contributed by atoms with Gasteiger partial charge in [0, 0.05) is 49.8 Å². The van der Waals surface area contributed by atoms with E-state index in [1.807, 2.05) is 71.3 Å². The van der Waals surface area contributed by atoms with E-state index in [0.29, 0.717) is 12.2 Å². The Morgan fingerprint density at radius 2 is 1.77 bits per heavy atom. The third-order valence-electron chi connectivity index (χ3n) is 9.25. The topological polar surface area (TPSA) is 135 Å². The van der Waals surface area contributed by atoms with Gasteiger partial charge in [-0.25, -0.2) is 4.79 Å². The van der Waals surface area contributed by atoms with Gasteiger partial charge in [-0.2, -0.15) is 0 Å². The summed E-state index contributed by atoms with van der Waals surface area (Å²) in [5.74, 6) is -0.957. The average molecular weight is 643 g/mol. The molecule has 3 heterocycles. The van der Waals surface area contributed by atoms with Crippen LogP contribution >= 0.6 is 0 Å². The Morgan fingerprint density at radius 3 is 2.49 bits per heavy atom. The van der Waals surface area contributed by atoms with Crippen molar-refractivity contribution in [1.82, 2.24) is 14.5 Å². The summed E-state index contributed by atoms with van der Waals surface area (Å²) in [4.78, 5) is 42.2. The van der Waals surface area contributed by atoms with Crippen molar-refractivity contribution in [1.29, 1.82) is 0 Å². The van der Waals surface area contributed by atoms with Gasteiger partial charge < -0.3 is 34.5 Å². The number of ether oxygens (including phenoxy) is 3. The maximum absolute atomic E-state index is 12.8.